The molecular formula is C43H69NO12. The first-order valence-corrected chi connectivity index (χ1v) is 20.8. The number of carbonyl (C=O) groups is 4. The Labute approximate surface area is 333 Å². The molecule has 0 radical (unpaired) electrons. The number of ketones is 2. The van der Waals surface area contributed by atoms with Crippen molar-refractivity contribution in [3.63, 3.8) is 0 Å². The number of methoxy groups -OCH3 is 3. The topological polar surface area (TPSA) is 178 Å². The Morgan fingerprint density at radius 3 is 2.21 bits per heavy atom. The van der Waals surface area contributed by atoms with E-state index in [1.807, 2.05) is 33.8 Å². The van der Waals surface area contributed by atoms with Gasteiger partial charge in [-0.2, -0.15) is 0 Å². The lowest BCUT2D eigenvalue weighted by Gasteiger charge is -2.47. The van der Waals surface area contributed by atoms with Gasteiger partial charge >= 0.3 is 5.97 Å². The van der Waals surface area contributed by atoms with E-state index in [1.165, 1.54) is 19.1 Å². The summed E-state index contributed by atoms with van der Waals surface area (Å²) in [6, 6.07) is -1.07. The van der Waals surface area contributed by atoms with Gasteiger partial charge in [-0.05, 0) is 107 Å². The van der Waals surface area contributed by atoms with Crippen LogP contribution in [-0.4, -0.2) is 126 Å². The predicted molar refractivity (Wildman–Crippen MR) is 208 cm³/mol. The molecule has 0 aromatic heterocycles. The van der Waals surface area contributed by atoms with Gasteiger partial charge in [0.05, 0.1) is 30.5 Å². The first-order chi connectivity index (χ1) is 26.5. The van der Waals surface area contributed by atoms with E-state index in [9.17, 15) is 34.5 Å². The zero-order valence-electron chi connectivity index (χ0n) is 35.1. The van der Waals surface area contributed by atoms with E-state index in [2.05, 4.69) is 6.08 Å². The molecule has 0 spiro atoms. The first kappa shape index (κ1) is 46.2. The van der Waals surface area contributed by atoms with Crippen LogP contribution in [0.5, 0.6) is 0 Å². The predicted octanol–water partition coefficient (Wildman–Crippen LogP) is 4.47. The summed E-state index contributed by atoms with van der Waals surface area (Å²) in [5, 5.41) is 33.9. The van der Waals surface area contributed by atoms with Crippen LogP contribution in [0, 0.1) is 29.6 Å². The molecule has 3 fully saturated rings. The maximum absolute atomic E-state index is 14.3. The van der Waals surface area contributed by atoms with Crippen molar-refractivity contribution >= 4 is 23.4 Å². The van der Waals surface area contributed by atoms with E-state index in [0.29, 0.717) is 44.1 Å². The third-order valence-electron chi connectivity index (χ3n) is 13.0. The highest BCUT2D eigenvalue weighted by Crippen LogP contribution is 2.39. The Morgan fingerprint density at radius 1 is 0.911 bits per heavy atom. The van der Waals surface area contributed by atoms with Crippen LogP contribution in [0.25, 0.3) is 0 Å². The minimum atomic E-state index is -2.53. The van der Waals surface area contributed by atoms with Gasteiger partial charge in [0.25, 0.3) is 11.7 Å². The molecule has 318 valence electrons. The van der Waals surface area contributed by atoms with E-state index in [0.717, 1.165) is 12.0 Å². The van der Waals surface area contributed by atoms with E-state index in [-0.39, 0.29) is 61.9 Å². The van der Waals surface area contributed by atoms with Crippen LogP contribution in [0.4, 0.5) is 0 Å². The number of amides is 1. The molecule has 1 amide bonds. The standard InChI is InChI=1S/C43H69NO12/c1-10-30-20-25(3)37(47)26(4)21-35(53-8)39-36(54-9)22-28(6)43(51,56-39)40(48)41(49)44-18-12-11-13-31(44)42(50)55-38(24(2)14-16-32(30)45)27(5)19-29-15-17-33(46)34(23-29)52-7/h19-20,24,26,28-31,33-39,46-47,51H,10-18,21-23H2,1-9H3/b25-20+,27-19+/t24-,26-,28-,29+,30-,31+,33-,34-,35+,36+,37?,38+,39-,43-/m1/s1. The fourth-order valence-corrected chi connectivity index (χ4v) is 9.31. The highest BCUT2D eigenvalue weighted by Gasteiger charge is 2.56. The first-order valence-electron chi connectivity index (χ1n) is 20.8. The average Bonchev–Trinajstić information content (AvgIpc) is 3.19. The quantitative estimate of drug-likeness (QED) is 0.196. The number of cyclic esters (lactones) is 1. The number of esters is 1. The van der Waals surface area contributed by atoms with Gasteiger partial charge < -0.3 is 43.9 Å². The normalized spacial score (nSPS) is 41.6. The molecule has 0 aromatic carbocycles. The van der Waals surface area contributed by atoms with Gasteiger partial charge in [0.15, 0.2) is 0 Å². The molecule has 0 aromatic rings. The minimum absolute atomic E-state index is 0.0182. The van der Waals surface area contributed by atoms with Crippen molar-refractivity contribution in [2.75, 3.05) is 27.9 Å². The lowest BCUT2D eigenvalue weighted by molar-refractivity contribution is -0.302. The van der Waals surface area contributed by atoms with Crippen molar-refractivity contribution in [3.05, 3.63) is 23.3 Å². The molecule has 2 bridgehead atoms. The second kappa shape index (κ2) is 20.4. The number of ether oxygens (including phenoxy) is 5. The van der Waals surface area contributed by atoms with Crippen LogP contribution < -0.4 is 0 Å². The second-order valence-electron chi connectivity index (χ2n) is 17.1. The third-order valence-corrected chi connectivity index (χ3v) is 13.0. The van der Waals surface area contributed by atoms with Gasteiger partial charge in [-0.1, -0.05) is 39.8 Å². The molecule has 56 heavy (non-hydrogen) atoms. The SMILES string of the molecule is CC[C@@H]1/C=C(\C)C(O)[C@H](C)C[C@H](OC)[C@H]2O[C@@](O)(C(=O)C(=O)N3CCCC[C@H]3C(=O)O[C@H](/C(C)=C/[C@@H]3CC[C@@H](O)[C@H](OC)C3)[C@H](C)CCC1=O)[C@H](C)C[C@@H]2OC. The number of hydrogen-bond donors (Lipinski definition) is 3. The number of fused-ring (bicyclic) bond motifs is 3. The van der Waals surface area contributed by atoms with Gasteiger partial charge in [-0.3, -0.25) is 14.4 Å². The Hall–Kier alpha value is -2.52. The Morgan fingerprint density at radius 2 is 1.57 bits per heavy atom. The van der Waals surface area contributed by atoms with Crippen LogP contribution in [0.1, 0.15) is 112 Å². The van der Waals surface area contributed by atoms with Gasteiger partial charge in [-0.15, -0.1) is 0 Å². The smallest absolute Gasteiger partial charge is 0.329 e. The number of hydrogen-bond acceptors (Lipinski definition) is 12. The van der Waals surface area contributed by atoms with Crippen molar-refractivity contribution < 1.29 is 58.2 Å². The van der Waals surface area contributed by atoms with Gasteiger partial charge in [-0.25, -0.2) is 4.79 Å². The lowest BCUT2D eigenvalue weighted by Crippen LogP contribution is -2.64. The Bertz CT molecular complexity index is 1430. The number of piperidine rings is 1. The van der Waals surface area contributed by atoms with Crippen molar-refractivity contribution in [2.45, 2.75) is 167 Å². The van der Waals surface area contributed by atoms with Crippen LogP contribution in [-0.2, 0) is 42.9 Å². The van der Waals surface area contributed by atoms with Crippen molar-refractivity contribution in [2.24, 2.45) is 29.6 Å². The molecule has 4 rings (SSSR count). The lowest BCUT2D eigenvalue weighted by atomic mass is 9.81. The molecule has 3 aliphatic heterocycles. The number of Topliss-reactive ketones (excluding diaryl/α,β-unsaturated/α-hetero) is 2. The van der Waals surface area contributed by atoms with E-state index in [4.69, 9.17) is 23.7 Å². The summed E-state index contributed by atoms with van der Waals surface area (Å²) in [6.07, 6.45) is 4.00. The number of carbonyl (C=O) groups excluding carboxylic acids is 4. The van der Waals surface area contributed by atoms with Gasteiger partial charge in [0.1, 0.15) is 24.0 Å². The second-order valence-corrected chi connectivity index (χ2v) is 17.1. The number of rotatable bonds is 6. The van der Waals surface area contributed by atoms with E-state index < -0.39 is 77.9 Å². The van der Waals surface area contributed by atoms with Crippen LogP contribution in [0.3, 0.4) is 0 Å². The zero-order chi connectivity index (χ0) is 41.5. The molecule has 13 nitrogen and oxygen atoms in total. The Balaban J connectivity index is 1.76. The number of allylic oxidation sites excluding steroid dienone is 2. The molecule has 1 saturated carbocycles. The molecule has 1 aliphatic carbocycles. The summed E-state index contributed by atoms with van der Waals surface area (Å²) >= 11 is 0. The summed E-state index contributed by atoms with van der Waals surface area (Å²) < 4.78 is 29.7. The van der Waals surface area contributed by atoms with Crippen molar-refractivity contribution in [3.8, 4) is 0 Å². The minimum Gasteiger partial charge on any atom is -0.456 e. The highest BCUT2D eigenvalue weighted by molar-refractivity contribution is 6.39. The molecule has 3 heterocycles. The molecule has 13 heteroatoms. The fraction of sp³-hybridized carbons (Fsp3) is 0.814. The van der Waals surface area contributed by atoms with Crippen molar-refractivity contribution in [1.82, 2.24) is 4.90 Å². The average molecular weight is 792 g/mol. The molecule has 2 saturated heterocycles. The monoisotopic (exact) mass is 791 g/mol. The van der Waals surface area contributed by atoms with Crippen LogP contribution in [0.15, 0.2) is 23.3 Å². The van der Waals surface area contributed by atoms with Crippen LogP contribution in [0.2, 0.25) is 0 Å². The van der Waals surface area contributed by atoms with Gasteiger partial charge in [0, 0.05) is 46.1 Å². The maximum Gasteiger partial charge on any atom is 0.329 e. The molecule has 4 aliphatic rings. The summed E-state index contributed by atoms with van der Waals surface area (Å²) in [5.74, 6) is -7.26. The number of aliphatic hydroxyl groups excluding tert-OH is 2. The number of nitrogens with zero attached hydrogens (tertiary/aromatic N) is 1. The third kappa shape index (κ3) is 10.6. The fourth-order valence-electron chi connectivity index (χ4n) is 9.31. The summed E-state index contributed by atoms with van der Waals surface area (Å²) in [6.45, 7) is 11.2. The maximum atomic E-state index is 14.3. The number of aliphatic hydroxyl groups is 3. The summed E-state index contributed by atoms with van der Waals surface area (Å²) in [5.41, 5.74) is 1.43. The van der Waals surface area contributed by atoms with Crippen LogP contribution >= 0.6 is 0 Å². The molecule has 3 N–H and O–H groups in total. The Kier molecular flexibility index (Phi) is 16.9. The molecule has 14 atom stereocenters. The van der Waals surface area contributed by atoms with E-state index in [1.54, 1.807) is 21.0 Å². The molecule has 1 unspecified atom stereocenters. The highest BCUT2D eigenvalue weighted by atomic mass is 16.7. The summed E-state index contributed by atoms with van der Waals surface area (Å²) in [7, 11) is 4.56. The molecular weight excluding hydrogens is 722 g/mol. The summed E-state index contributed by atoms with van der Waals surface area (Å²) in [4.78, 5) is 57.6. The van der Waals surface area contributed by atoms with Gasteiger partial charge in [0.2, 0.25) is 5.79 Å². The zero-order valence-corrected chi connectivity index (χ0v) is 35.1. The largest absolute Gasteiger partial charge is 0.456 e. The van der Waals surface area contributed by atoms with Crippen molar-refractivity contribution in [1.29, 1.82) is 0 Å². The van der Waals surface area contributed by atoms with E-state index >= 15 is 0 Å².